The van der Waals surface area contributed by atoms with Gasteiger partial charge in [0, 0.05) is 13.1 Å². The first-order valence-corrected chi connectivity index (χ1v) is 9.04. The number of piperidine rings is 1. The van der Waals surface area contributed by atoms with Crippen LogP contribution >= 0.6 is 0 Å². The lowest BCUT2D eigenvalue weighted by Crippen LogP contribution is -2.51. The van der Waals surface area contributed by atoms with Crippen molar-refractivity contribution in [3.63, 3.8) is 0 Å². The molecule has 4 nitrogen and oxygen atoms in total. The molecular weight excluding hydrogens is 333 g/mol. The van der Waals surface area contributed by atoms with E-state index in [2.05, 4.69) is 0 Å². The van der Waals surface area contributed by atoms with Gasteiger partial charge in [-0.25, -0.2) is 9.18 Å². The van der Waals surface area contributed by atoms with Crippen LogP contribution in [0.15, 0.2) is 48.5 Å². The molecule has 5 heteroatoms. The average molecular weight is 355 g/mol. The van der Waals surface area contributed by atoms with Gasteiger partial charge in [0.25, 0.3) is 0 Å². The van der Waals surface area contributed by atoms with Crippen LogP contribution in [0.3, 0.4) is 0 Å². The highest BCUT2D eigenvalue weighted by Gasteiger charge is 2.47. The molecule has 2 aliphatic rings. The van der Waals surface area contributed by atoms with Crippen LogP contribution in [0.25, 0.3) is 11.1 Å². The van der Waals surface area contributed by atoms with Gasteiger partial charge in [0.05, 0.1) is 6.10 Å². The Balaban J connectivity index is 1.31. The van der Waals surface area contributed by atoms with Crippen LogP contribution < -0.4 is 4.74 Å². The van der Waals surface area contributed by atoms with Crippen LogP contribution in [0.1, 0.15) is 25.7 Å². The number of hydrogen-bond donors (Lipinski definition) is 1. The quantitative estimate of drug-likeness (QED) is 0.861. The predicted molar refractivity (Wildman–Crippen MR) is 96.8 cm³/mol. The molecule has 1 saturated carbocycles. The van der Waals surface area contributed by atoms with Crippen molar-refractivity contribution in [1.29, 1.82) is 0 Å². The number of likely N-dealkylation sites (tertiary alicyclic amines) is 1. The van der Waals surface area contributed by atoms with Gasteiger partial charge < -0.3 is 14.7 Å². The Bertz CT molecular complexity index is 772. The van der Waals surface area contributed by atoms with E-state index in [0.717, 1.165) is 42.6 Å². The van der Waals surface area contributed by atoms with E-state index in [1.54, 1.807) is 12.1 Å². The summed E-state index contributed by atoms with van der Waals surface area (Å²) < 4.78 is 19.1. The molecule has 1 N–H and O–H groups in total. The van der Waals surface area contributed by atoms with Gasteiger partial charge in [0.2, 0.25) is 0 Å². The summed E-state index contributed by atoms with van der Waals surface area (Å²) in [4.78, 5) is 12.5. The minimum atomic E-state index is -0.812. The third-order valence-corrected chi connectivity index (χ3v) is 5.75. The zero-order valence-corrected chi connectivity index (χ0v) is 14.5. The fraction of sp³-hybridized carbons (Fsp3) is 0.381. The van der Waals surface area contributed by atoms with Gasteiger partial charge in [-0.05, 0) is 66.5 Å². The van der Waals surface area contributed by atoms with Crippen LogP contribution in [0.4, 0.5) is 9.18 Å². The lowest BCUT2D eigenvalue weighted by atomic mass is 9.61. The van der Waals surface area contributed by atoms with Crippen LogP contribution in [-0.2, 0) is 0 Å². The fourth-order valence-electron chi connectivity index (χ4n) is 4.13. The van der Waals surface area contributed by atoms with Crippen molar-refractivity contribution in [2.24, 2.45) is 5.41 Å². The van der Waals surface area contributed by atoms with E-state index in [4.69, 9.17) is 9.84 Å². The summed E-state index contributed by atoms with van der Waals surface area (Å²) in [6, 6.07) is 14.3. The molecule has 1 heterocycles. The highest BCUT2D eigenvalue weighted by Crippen LogP contribution is 2.50. The summed E-state index contributed by atoms with van der Waals surface area (Å²) >= 11 is 0. The number of benzene rings is 2. The molecule has 1 aliphatic carbocycles. The van der Waals surface area contributed by atoms with Crippen LogP contribution in [0, 0.1) is 11.2 Å². The maximum Gasteiger partial charge on any atom is 0.407 e. The Morgan fingerprint density at radius 3 is 2.08 bits per heavy atom. The van der Waals surface area contributed by atoms with Gasteiger partial charge in [0.15, 0.2) is 0 Å². The van der Waals surface area contributed by atoms with Gasteiger partial charge in [0.1, 0.15) is 11.6 Å². The summed E-state index contributed by atoms with van der Waals surface area (Å²) in [5.41, 5.74) is 2.28. The lowest BCUT2D eigenvalue weighted by molar-refractivity contribution is -0.0515. The van der Waals surface area contributed by atoms with Crippen LogP contribution in [0.2, 0.25) is 0 Å². The Hall–Kier alpha value is -2.56. The molecule has 1 saturated heterocycles. The summed E-state index contributed by atoms with van der Waals surface area (Å²) in [5.74, 6) is 0.612. The number of rotatable bonds is 3. The Labute approximate surface area is 152 Å². The molecular formula is C21H22FNO3. The van der Waals surface area contributed by atoms with Crippen molar-refractivity contribution in [3.8, 4) is 16.9 Å². The molecule has 1 aliphatic heterocycles. The van der Waals surface area contributed by atoms with E-state index in [1.165, 1.54) is 17.0 Å². The second-order valence-corrected chi connectivity index (χ2v) is 7.45. The van der Waals surface area contributed by atoms with Crippen LogP contribution in [0.5, 0.6) is 5.75 Å². The van der Waals surface area contributed by atoms with Gasteiger partial charge >= 0.3 is 6.09 Å². The van der Waals surface area contributed by atoms with E-state index in [-0.39, 0.29) is 17.3 Å². The van der Waals surface area contributed by atoms with E-state index >= 15 is 0 Å². The average Bonchev–Trinajstić information content (AvgIpc) is 2.62. The fourth-order valence-corrected chi connectivity index (χ4v) is 4.13. The zero-order chi connectivity index (χ0) is 18.1. The van der Waals surface area contributed by atoms with Crippen molar-refractivity contribution in [2.75, 3.05) is 13.1 Å². The first-order chi connectivity index (χ1) is 12.5. The van der Waals surface area contributed by atoms with Crippen LogP contribution in [-0.4, -0.2) is 35.3 Å². The number of hydrogen-bond acceptors (Lipinski definition) is 2. The zero-order valence-electron chi connectivity index (χ0n) is 14.5. The van der Waals surface area contributed by atoms with Gasteiger partial charge in [-0.3, -0.25) is 0 Å². The molecule has 0 unspecified atom stereocenters. The summed E-state index contributed by atoms with van der Waals surface area (Å²) in [5, 5.41) is 9.05. The van der Waals surface area contributed by atoms with Crippen molar-refractivity contribution >= 4 is 6.09 Å². The number of amides is 1. The number of nitrogens with zero attached hydrogens (tertiary/aromatic N) is 1. The minimum absolute atomic E-state index is 0.211. The maximum atomic E-state index is 13.0. The van der Waals surface area contributed by atoms with E-state index in [1.807, 2.05) is 24.3 Å². The molecule has 2 aromatic rings. The summed E-state index contributed by atoms with van der Waals surface area (Å²) in [6.45, 7) is 1.27. The Morgan fingerprint density at radius 2 is 1.54 bits per heavy atom. The summed E-state index contributed by atoms with van der Waals surface area (Å²) in [7, 11) is 0. The lowest BCUT2D eigenvalue weighted by Gasteiger charge is -2.51. The molecule has 2 fully saturated rings. The van der Waals surface area contributed by atoms with Crippen molar-refractivity contribution in [2.45, 2.75) is 31.8 Å². The standard InChI is InChI=1S/C21H22FNO3/c22-17-5-1-15(2-6-17)16-3-7-18(8-4-16)26-19-13-21(14-19)9-11-23(12-10-21)20(24)25/h1-8,19H,9-14H2,(H,24,25). The third-order valence-electron chi connectivity index (χ3n) is 5.75. The maximum absolute atomic E-state index is 13.0. The second-order valence-electron chi connectivity index (χ2n) is 7.45. The van der Waals surface area contributed by atoms with Crippen molar-refractivity contribution < 1.29 is 19.0 Å². The molecule has 1 amide bonds. The molecule has 0 atom stereocenters. The number of carbonyl (C=O) groups is 1. The normalized spacial score (nSPS) is 19.2. The highest BCUT2D eigenvalue weighted by molar-refractivity contribution is 5.65. The predicted octanol–water partition coefficient (Wildman–Crippen LogP) is 4.79. The van der Waals surface area contributed by atoms with Gasteiger partial charge in [-0.2, -0.15) is 0 Å². The SMILES string of the molecule is O=C(O)N1CCC2(CC1)CC(Oc1ccc(-c3ccc(F)cc3)cc1)C2. The van der Waals surface area contributed by atoms with Crippen molar-refractivity contribution in [3.05, 3.63) is 54.3 Å². The first-order valence-electron chi connectivity index (χ1n) is 9.04. The molecule has 136 valence electrons. The molecule has 0 bridgehead atoms. The molecule has 1 spiro atoms. The molecule has 4 rings (SSSR count). The van der Waals surface area contributed by atoms with Crippen molar-refractivity contribution in [1.82, 2.24) is 4.90 Å². The molecule has 0 aromatic heterocycles. The number of ether oxygens (including phenoxy) is 1. The van der Waals surface area contributed by atoms with E-state index in [0.29, 0.717) is 13.1 Å². The number of carboxylic acid groups (broad SMARTS) is 1. The molecule has 2 aromatic carbocycles. The Kier molecular flexibility index (Phi) is 4.31. The minimum Gasteiger partial charge on any atom is -0.490 e. The smallest absolute Gasteiger partial charge is 0.407 e. The summed E-state index contributed by atoms with van der Waals surface area (Å²) in [6.07, 6.45) is 3.27. The highest BCUT2D eigenvalue weighted by atomic mass is 19.1. The third kappa shape index (κ3) is 3.39. The first kappa shape index (κ1) is 16.9. The van der Waals surface area contributed by atoms with E-state index < -0.39 is 6.09 Å². The molecule has 0 radical (unpaired) electrons. The topological polar surface area (TPSA) is 49.8 Å². The monoisotopic (exact) mass is 355 g/mol. The van der Waals surface area contributed by atoms with Gasteiger partial charge in [-0.15, -0.1) is 0 Å². The van der Waals surface area contributed by atoms with Gasteiger partial charge in [-0.1, -0.05) is 24.3 Å². The second kappa shape index (κ2) is 6.63. The largest absolute Gasteiger partial charge is 0.490 e. The molecule has 26 heavy (non-hydrogen) atoms. The Morgan fingerprint density at radius 1 is 1.00 bits per heavy atom. The van der Waals surface area contributed by atoms with E-state index in [9.17, 15) is 9.18 Å². The number of halogens is 1.